The van der Waals surface area contributed by atoms with Gasteiger partial charge in [0.2, 0.25) is 0 Å². The Balaban J connectivity index is 1.89. The summed E-state index contributed by atoms with van der Waals surface area (Å²) in [7, 11) is 0. The maximum absolute atomic E-state index is 8.69. The van der Waals surface area contributed by atoms with Crippen molar-refractivity contribution in [1.29, 1.82) is 0 Å². The summed E-state index contributed by atoms with van der Waals surface area (Å²) in [4.78, 5) is 1.74. The number of rotatable bonds is 10. The van der Waals surface area contributed by atoms with E-state index < -0.39 is 0 Å². The third-order valence-electron chi connectivity index (χ3n) is 3.34. The molecule has 0 aliphatic carbocycles. The van der Waals surface area contributed by atoms with Crippen LogP contribution < -0.4 is 10.6 Å². The number of aliphatic hydroxyl groups is 1. The summed E-state index contributed by atoms with van der Waals surface area (Å²) in [6, 6.07) is 10.2. The van der Waals surface area contributed by atoms with Crippen LogP contribution in [-0.4, -0.2) is 46.3 Å². The Hall–Kier alpha value is -1.76. The number of hydrogen-bond donors (Lipinski definition) is 3. The summed E-state index contributed by atoms with van der Waals surface area (Å²) in [5.41, 5.74) is 3.04. The molecule has 1 aromatic heterocycles. The average Bonchev–Trinajstić information content (AvgIpc) is 2.98. The highest BCUT2D eigenvalue weighted by molar-refractivity contribution is 5.60. The molecule has 0 amide bonds. The summed E-state index contributed by atoms with van der Waals surface area (Å²) in [5, 5.41) is 24.4. The molecular weight excluding hydrogens is 278 g/mol. The molecule has 1 aromatic carbocycles. The van der Waals surface area contributed by atoms with Crippen molar-refractivity contribution in [3.05, 3.63) is 36.0 Å². The predicted molar refractivity (Wildman–Crippen MR) is 87.4 cm³/mol. The van der Waals surface area contributed by atoms with Crippen LogP contribution in [0, 0.1) is 0 Å². The van der Waals surface area contributed by atoms with Crippen molar-refractivity contribution in [3.8, 4) is 11.3 Å². The third-order valence-corrected chi connectivity index (χ3v) is 3.34. The van der Waals surface area contributed by atoms with E-state index in [1.165, 1.54) is 0 Å². The molecule has 2 aromatic rings. The highest BCUT2D eigenvalue weighted by Gasteiger charge is 2.11. The second-order valence-corrected chi connectivity index (χ2v) is 5.05. The van der Waals surface area contributed by atoms with Crippen molar-refractivity contribution in [1.82, 2.24) is 25.6 Å². The van der Waals surface area contributed by atoms with Gasteiger partial charge in [0.1, 0.15) is 11.4 Å². The van der Waals surface area contributed by atoms with Gasteiger partial charge < -0.3 is 15.7 Å². The molecular formula is C16H25N5O. The zero-order valence-corrected chi connectivity index (χ0v) is 13.1. The number of aromatic nitrogens is 3. The molecule has 0 atom stereocenters. The number of benzene rings is 1. The normalized spacial score (nSPS) is 11.0. The lowest BCUT2D eigenvalue weighted by atomic mass is 10.1. The van der Waals surface area contributed by atoms with Crippen LogP contribution in [0.5, 0.6) is 0 Å². The van der Waals surface area contributed by atoms with Crippen LogP contribution in [0.4, 0.5) is 0 Å². The van der Waals surface area contributed by atoms with E-state index in [9.17, 15) is 0 Å². The lowest BCUT2D eigenvalue weighted by Crippen LogP contribution is -2.24. The Morgan fingerprint density at radius 2 is 1.82 bits per heavy atom. The van der Waals surface area contributed by atoms with Crippen LogP contribution in [0.2, 0.25) is 0 Å². The third kappa shape index (κ3) is 4.91. The molecule has 0 fully saturated rings. The van der Waals surface area contributed by atoms with Gasteiger partial charge in [0, 0.05) is 18.7 Å². The summed E-state index contributed by atoms with van der Waals surface area (Å²) < 4.78 is 0. The Morgan fingerprint density at radius 3 is 2.55 bits per heavy atom. The molecule has 0 aliphatic rings. The Labute approximate surface area is 131 Å². The maximum Gasteiger partial charge on any atom is 0.117 e. The first-order valence-electron chi connectivity index (χ1n) is 7.87. The molecule has 0 aliphatic heterocycles. The Kier molecular flexibility index (Phi) is 7.02. The van der Waals surface area contributed by atoms with Crippen molar-refractivity contribution < 1.29 is 5.11 Å². The van der Waals surface area contributed by atoms with Gasteiger partial charge in [-0.2, -0.15) is 15.0 Å². The van der Waals surface area contributed by atoms with E-state index in [1.54, 1.807) is 4.80 Å². The first kappa shape index (κ1) is 16.6. The van der Waals surface area contributed by atoms with Crippen LogP contribution in [0.15, 0.2) is 30.3 Å². The summed E-state index contributed by atoms with van der Waals surface area (Å²) in [6.07, 6.45) is 1.02. The highest BCUT2D eigenvalue weighted by Crippen LogP contribution is 2.19. The van der Waals surface area contributed by atoms with Gasteiger partial charge in [-0.3, -0.25) is 0 Å². The predicted octanol–water partition coefficient (Wildman–Crippen LogP) is 1.03. The summed E-state index contributed by atoms with van der Waals surface area (Å²) in [5.74, 6) is 0. The number of aryl methyl sites for hydroxylation is 1. The monoisotopic (exact) mass is 303 g/mol. The number of nitrogens with zero attached hydrogens (tertiary/aromatic N) is 3. The lowest BCUT2D eigenvalue weighted by molar-refractivity contribution is 0.292. The van der Waals surface area contributed by atoms with Crippen molar-refractivity contribution in [3.63, 3.8) is 0 Å². The molecule has 0 radical (unpaired) electrons. The van der Waals surface area contributed by atoms with E-state index in [2.05, 4.69) is 33.0 Å². The minimum absolute atomic E-state index is 0.188. The first-order valence-corrected chi connectivity index (χ1v) is 7.87. The molecule has 2 rings (SSSR count). The molecule has 3 N–H and O–H groups in total. The molecule has 0 spiro atoms. The summed E-state index contributed by atoms with van der Waals surface area (Å²) >= 11 is 0. The van der Waals surface area contributed by atoms with Crippen LogP contribution in [0.25, 0.3) is 11.3 Å². The largest absolute Gasteiger partial charge is 0.395 e. The average molecular weight is 303 g/mol. The van der Waals surface area contributed by atoms with Gasteiger partial charge in [-0.15, -0.1) is 0 Å². The second kappa shape index (κ2) is 9.30. The van der Waals surface area contributed by atoms with Gasteiger partial charge in [-0.05, 0) is 26.4 Å². The van der Waals surface area contributed by atoms with Crippen LogP contribution >= 0.6 is 0 Å². The van der Waals surface area contributed by atoms with E-state index in [0.717, 1.165) is 43.0 Å². The Morgan fingerprint density at radius 1 is 1.05 bits per heavy atom. The van der Waals surface area contributed by atoms with Gasteiger partial charge in [0.15, 0.2) is 0 Å². The van der Waals surface area contributed by atoms with E-state index in [0.29, 0.717) is 13.1 Å². The van der Waals surface area contributed by atoms with Crippen molar-refractivity contribution in [2.45, 2.75) is 26.4 Å². The zero-order chi connectivity index (χ0) is 15.6. The molecule has 0 saturated carbocycles. The molecule has 0 unspecified atom stereocenters. The Bertz CT molecular complexity index is 541. The standard InChI is InChI=1S/C16H25N5O/c1-2-21-19-15(13-18-10-6-9-17-11-12-22)16(20-21)14-7-4-3-5-8-14/h3-5,7-8,17-18,22H,2,6,9-13H2,1H3. The van der Waals surface area contributed by atoms with Gasteiger partial charge in [-0.25, -0.2) is 0 Å². The van der Waals surface area contributed by atoms with Crippen LogP contribution in [-0.2, 0) is 13.1 Å². The minimum atomic E-state index is 0.188. The molecule has 0 bridgehead atoms. The fourth-order valence-electron chi connectivity index (χ4n) is 2.21. The number of nitrogens with one attached hydrogen (secondary N) is 2. The molecule has 6 heteroatoms. The van der Waals surface area contributed by atoms with E-state index in [1.807, 2.05) is 25.1 Å². The minimum Gasteiger partial charge on any atom is -0.395 e. The summed E-state index contributed by atoms with van der Waals surface area (Å²) in [6.45, 7) is 6.18. The van der Waals surface area contributed by atoms with E-state index in [-0.39, 0.29) is 6.61 Å². The number of aliphatic hydroxyl groups excluding tert-OH is 1. The van der Waals surface area contributed by atoms with Crippen molar-refractivity contribution >= 4 is 0 Å². The smallest absolute Gasteiger partial charge is 0.117 e. The number of hydrogen-bond acceptors (Lipinski definition) is 5. The van der Waals surface area contributed by atoms with Crippen molar-refractivity contribution in [2.24, 2.45) is 0 Å². The van der Waals surface area contributed by atoms with E-state index in [4.69, 9.17) is 5.11 Å². The van der Waals surface area contributed by atoms with Gasteiger partial charge in [-0.1, -0.05) is 30.3 Å². The molecule has 6 nitrogen and oxygen atoms in total. The molecule has 1 heterocycles. The quantitative estimate of drug-likeness (QED) is 0.572. The second-order valence-electron chi connectivity index (χ2n) is 5.05. The van der Waals surface area contributed by atoms with E-state index >= 15 is 0 Å². The first-order chi connectivity index (χ1) is 10.8. The van der Waals surface area contributed by atoms with Gasteiger partial charge in [0.05, 0.1) is 13.2 Å². The molecule has 120 valence electrons. The van der Waals surface area contributed by atoms with Crippen LogP contribution in [0.3, 0.4) is 0 Å². The van der Waals surface area contributed by atoms with Crippen molar-refractivity contribution in [2.75, 3.05) is 26.2 Å². The SMILES string of the molecule is CCn1nc(CNCCCNCCO)c(-c2ccccc2)n1. The zero-order valence-electron chi connectivity index (χ0n) is 13.1. The fraction of sp³-hybridized carbons (Fsp3) is 0.500. The lowest BCUT2D eigenvalue weighted by Gasteiger charge is -2.05. The molecule has 0 saturated heterocycles. The highest BCUT2D eigenvalue weighted by atomic mass is 16.3. The van der Waals surface area contributed by atoms with Crippen LogP contribution in [0.1, 0.15) is 19.0 Å². The fourth-order valence-corrected chi connectivity index (χ4v) is 2.21. The van der Waals surface area contributed by atoms with Gasteiger partial charge >= 0.3 is 0 Å². The van der Waals surface area contributed by atoms with Gasteiger partial charge in [0.25, 0.3) is 0 Å². The molecule has 22 heavy (non-hydrogen) atoms. The topological polar surface area (TPSA) is 75.0 Å². The maximum atomic E-state index is 8.69.